The first-order chi connectivity index (χ1) is 13.6. The zero-order chi connectivity index (χ0) is 19.9. The standard InChI is InChI=1S/C21H29N5OS.HI/c1-4-22-21(23-11-9-19-25-15(2)16(3)28-19)24-13-20(27)26-12-10-17-7-5-6-8-18(17)14-26;/h5-8H,4,9-14H2,1-3H3,(H2,22,23,24);1H. The van der Waals surface area contributed by atoms with Crippen LogP contribution in [0.5, 0.6) is 0 Å². The predicted molar refractivity (Wildman–Crippen MR) is 130 cm³/mol. The first kappa shape index (κ1) is 23.6. The molecule has 2 aromatic rings. The Bertz CT molecular complexity index is 832. The molecule has 0 atom stereocenters. The van der Waals surface area contributed by atoms with Gasteiger partial charge < -0.3 is 15.5 Å². The first-order valence-corrected chi connectivity index (χ1v) is 10.7. The van der Waals surface area contributed by atoms with Crippen LogP contribution >= 0.6 is 35.3 Å². The maximum atomic E-state index is 12.6. The number of carbonyl (C=O) groups is 1. The van der Waals surface area contributed by atoms with Crippen molar-refractivity contribution < 1.29 is 4.79 Å². The molecule has 0 saturated carbocycles. The Balaban J connectivity index is 0.00000300. The van der Waals surface area contributed by atoms with Gasteiger partial charge in [0.15, 0.2) is 5.96 Å². The van der Waals surface area contributed by atoms with Crippen LogP contribution in [0.25, 0.3) is 0 Å². The number of rotatable bonds is 6. The van der Waals surface area contributed by atoms with Crippen LogP contribution in [0, 0.1) is 13.8 Å². The van der Waals surface area contributed by atoms with Crippen LogP contribution in [-0.4, -0.2) is 47.9 Å². The molecule has 0 fully saturated rings. The third kappa shape index (κ3) is 6.67. The van der Waals surface area contributed by atoms with Gasteiger partial charge in [-0.15, -0.1) is 35.3 Å². The van der Waals surface area contributed by atoms with E-state index in [1.807, 2.05) is 24.8 Å². The lowest BCUT2D eigenvalue weighted by Crippen LogP contribution is -2.41. The van der Waals surface area contributed by atoms with Gasteiger partial charge in [0.1, 0.15) is 6.54 Å². The number of amides is 1. The zero-order valence-electron chi connectivity index (χ0n) is 17.3. The lowest BCUT2D eigenvalue weighted by Gasteiger charge is -2.28. The molecule has 29 heavy (non-hydrogen) atoms. The number of fused-ring (bicyclic) bond motifs is 1. The van der Waals surface area contributed by atoms with Crippen LogP contribution in [0.15, 0.2) is 29.3 Å². The lowest BCUT2D eigenvalue weighted by molar-refractivity contribution is -0.130. The Morgan fingerprint density at radius 1 is 1.24 bits per heavy atom. The molecule has 0 spiro atoms. The Labute approximate surface area is 194 Å². The number of halogens is 1. The van der Waals surface area contributed by atoms with Crippen LogP contribution in [0.3, 0.4) is 0 Å². The highest BCUT2D eigenvalue weighted by Crippen LogP contribution is 2.18. The van der Waals surface area contributed by atoms with Gasteiger partial charge in [-0.25, -0.2) is 9.98 Å². The molecule has 0 aliphatic carbocycles. The minimum absolute atomic E-state index is 0. The van der Waals surface area contributed by atoms with Gasteiger partial charge in [0, 0.05) is 37.5 Å². The van der Waals surface area contributed by atoms with E-state index in [1.165, 1.54) is 16.0 Å². The van der Waals surface area contributed by atoms with E-state index in [2.05, 4.69) is 45.7 Å². The van der Waals surface area contributed by atoms with Crippen molar-refractivity contribution in [2.45, 2.75) is 40.2 Å². The summed E-state index contributed by atoms with van der Waals surface area (Å²) in [5, 5.41) is 7.64. The number of carbonyl (C=O) groups excluding carboxylic acids is 1. The van der Waals surface area contributed by atoms with Crippen molar-refractivity contribution in [1.29, 1.82) is 0 Å². The highest BCUT2D eigenvalue weighted by atomic mass is 127. The van der Waals surface area contributed by atoms with Crippen molar-refractivity contribution in [3.8, 4) is 0 Å². The van der Waals surface area contributed by atoms with Gasteiger partial charge in [-0.1, -0.05) is 24.3 Å². The maximum Gasteiger partial charge on any atom is 0.244 e. The third-order valence-electron chi connectivity index (χ3n) is 4.90. The summed E-state index contributed by atoms with van der Waals surface area (Å²) in [6.07, 6.45) is 1.76. The van der Waals surface area contributed by atoms with E-state index in [0.717, 1.165) is 43.2 Å². The van der Waals surface area contributed by atoms with Crippen LogP contribution < -0.4 is 10.6 Å². The Hall–Kier alpha value is -1.68. The molecule has 0 radical (unpaired) electrons. The third-order valence-corrected chi connectivity index (χ3v) is 6.04. The van der Waals surface area contributed by atoms with Crippen LogP contribution in [0.4, 0.5) is 0 Å². The molecule has 1 aromatic heterocycles. The van der Waals surface area contributed by atoms with Crippen molar-refractivity contribution in [3.63, 3.8) is 0 Å². The number of guanidine groups is 1. The number of hydrogen-bond acceptors (Lipinski definition) is 4. The van der Waals surface area contributed by atoms with Crippen LogP contribution in [0.2, 0.25) is 0 Å². The van der Waals surface area contributed by atoms with Crippen molar-refractivity contribution >= 4 is 47.2 Å². The molecule has 0 bridgehead atoms. The fourth-order valence-corrected chi connectivity index (χ4v) is 4.16. The molecule has 3 rings (SSSR count). The molecule has 1 aromatic carbocycles. The van der Waals surface area contributed by atoms with Crippen molar-refractivity contribution in [1.82, 2.24) is 20.5 Å². The van der Waals surface area contributed by atoms with Crippen molar-refractivity contribution in [2.75, 3.05) is 26.2 Å². The Morgan fingerprint density at radius 3 is 2.69 bits per heavy atom. The summed E-state index contributed by atoms with van der Waals surface area (Å²) in [7, 11) is 0. The maximum absolute atomic E-state index is 12.6. The molecule has 0 unspecified atom stereocenters. The summed E-state index contributed by atoms with van der Waals surface area (Å²) >= 11 is 1.74. The van der Waals surface area contributed by atoms with E-state index < -0.39 is 0 Å². The Kier molecular flexibility index (Phi) is 9.35. The number of aromatic nitrogens is 1. The van der Waals surface area contributed by atoms with Crippen LogP contribution in [-0.2, 0) is 24.2 Å². The number of nitrogens with zero attached hydrogens (tertiary/aromatic N) is 3. The average Bonchev–Trinajstić information content (AvgIpc) is 3.02. The summed E-state index contributed by atoms with van der Waals surface area (Å²) < 4.78 is 0. The van der Waals surface area contributed by atoms with Gasteiger partial charge >= 0.3 is 0 Å². The van der Waals surface area contributed by atoms with Crippen molar-refractivity contribution in [2.24, 2.45) is 4.99 Å². The molecule has 2 heterocycles. The summed E-state index contributed by atoms with van der Waals surface area (Å²) in [6.45, 7) is 9.26. The first-order valence-electron chi connectivity index (χ1n) is 9.86. The quantitative estimate of drug-likeness (QED) is 0.344. The molecule has 158 valence electrons. The fraction of sp³-hybridized carbons (Fsp3) is 0.476. The molecule has 1 aliphatic rings. The fourth-order valence-electron chi connectivity index (χ4n) is 3.23. The smallest absolute Gasteiger partial charge is 0.244 e. The van der Waals surface area contributed by atoms with E-state index in [0.29, 0.717) is 12.5 Å². The summed E-state index contributed by atoms with van der Waals surface area (Å²) in [4.78, 5) is 24.8. The van der Waals surface area contributed by atoms with E-state index in [4.69, 9.17) is 0 Å². The molecular weight excluding hydrogens is 497 g/mol. The number of hydrogen-bond donors (Lipinski definition) is 2. The van der Waals surface area contributed by atoms with Gasteiger partial charge in [0.2, 0.25) is 5.91 Å². The minimum atomic E-state index is 0. The second kappa shape index (κ2) is 11.5. The van der Waals surface area contributed by atoms with Gasteiger partial charge in [0.25, 0.3) is 0 Å². The largest absolute Gasteiger partial charge is 0.357 e. The van der Waals surface area contributed by atoms with E-state index in [9.17, 15) is 4.79 Å². The number of nitrogens with one attached hydrogen (secondary N) is 2. The van der Waals surface area contributed by atoms with E-state index in [1.54, 1.807) is 11.3 Å². The monoisotopic (exact) mass is 527 g/mol. The van der Waals surface area contributed by atoms with Crippen molar-refractivity contribution in [3.05, 3.63) is 51.0 Å². The molecule has 1 aliphatic heterocycles. The van der Waals surface area contributed by atoms with Gasteiger partial charge in [-0.05, 0) is 38.3 Å². The van der Waals surface area contributed by atoms with Gasteiger partial charge in [0.05, 0.1) is 10.7 Å². The van der Waals surface area contributed by atoms with Gasteiger partial charge in [-0.3, -0.25) is 4.79 Å². The zero-order valence-corrected chi connectivity index (χ0v) is 20.5. The SMILES string of the molecule is CCNC(=NCC(=O)N1CCc2ccccc2C1)NCCc1nc(C)c(C)s1.I. The topological polar surface area (TPSA) is 69.6 Å². The molecular formula is C21H30IN5OS. The average molecular weight is 527 g/mol. The lowest BCUT2D eigenvalue weighted by atomic mass is 10.00. The summed E-state index contributed by atoms with van der Waals surface area (Å²) in [6, 6.07) is 8.34. The predicted octanol–water partition coefficient (Wildman–Crippen LogP) is 3.06. The highest BCUT2D eigenvalue weighted by molar-refractivity contribution is 14.0. The molecule has 6 nitrogen and oxygen atoms in total. The number of aryl methyl sites for hydroxylation is 2. The van der Waals surface area contributed by atoms with Crippen LogP contribution in [0.1, 0.15) is 33.6 Å². The minimum Gasteiger partial charge on any atom is -0.357 e. The second-order valence-corrected chi connectivity index (χ2v) is 8.24. The second-order valence-electron chi connectivity index (χ2n) is 6.96. The van der Waals surface area contributed by atoms with E-state index in [-0.39, 0.29) is 36.4 Å². The molecule has 1 amide bonds. The normalized spacial score (nSPS) is 13.5. The number of thiazole rings is 1. The Morgan fingerprint density at radius 2 is 2.00 bits per heavy atom. The molecule has 2 N–H and O–H groups in total. The molecule has 8 heteroatoms. The highest BCUT2D eigenvalue weighted by Gasteiger charge is 2.20. The van der Waals surface area contributed by atoms with E-state index >= 15 is 0 Å². The summed E-state index contributed by atoms with van der Waals surface area (Å²) in [5.41, 5.74) is 3.69. The number of aliphatic imine (C=N–C) groups is 1. The number of benzene rings is 1. The van der Waals surface area contributed by atoms with Gasteiger partial charge in [-0.2, -0.15) is 0 Å². The molecule has 0 saturated heterocycles. The summed E-state index contributed by atoms with van der Waals surface area (Å²) in [5.74, 6) is 0.746.